The second-order valence-electron chi connectivity index (χ2n) is 4.76. The van der Waals surface area contributed by atoms with E-state index in [-0.39, 0.29) is 10.6 Å². The van der Waals surface area contributed by atoms with Gasteiger partial charge < -0.3 is 0 Å². The van der Waals surface area contributed by atoms with Gasteiger partial charge in [-0.1, -0.05) is 63.9 Å². The van der Waals surface area contributed by atoms with Crippen LogP contribution in [0, 0.1) is 5.82 Å². The molecule has 0 amide bonds. The molecule has 0 fully saturated rings. The van der Waals surface area contributed by atoms with Crippen molar-refractivity contribution in [1.82, 2.24) is 0 Å². The Morgan fingerprint density at radius 2 is 1.70 bits per heavy atom. The van der Waals surface area contributed by atoms with E-state index in [9.17, 15) is 4.39 Å². The van der Waals surface area contributed by atoms with E-state index in [1.807, 2.05) is 0 Å². The number of aryl methyl sites for hydroxylation is 2. The van der Waals surface area contributed by atoms with Crippen LogP contribution in [0.4, 0.5) is 4.39 Å². The van der Waals surface area contributed by atoms with Crippen LogP contribution in [0.3, 0.4) is 0 Å². The Morgan fingerprint density at radius 3 is 2.35 bits per heavy atom. The number of benzene rings is 2. The topological polar surface area (TPSA) is 0 Å². The highest BCUT2D eigenvalue weighted by molar-refractivity contribution is 9.11. The first-order valence-corrected chi connectivity index (χ1v) is 8.48. The smallest absolute Gasteiger partial charge is 0.123 e. The molecular formula is C17H17Br2F. The van der Waals surface area contributed by atoms with E-state index in [0.29, 0.717) is 0 Å². The molecule has 1 atom stereocenters. The van der Waals surface area contributed by atoms with Crippen LogP contribution < -0.4 is 0 Å². The van der Waals surface area contributed by atoms with Crippen molar-refractivity contribution >= 4 is 31.9 Å². The van der Waals surface area contributed by atoms with Gasteiger partial charge in [-0.25, -0.2) is 4.39 Å². The molecule has 0 spiro atoms. The van der Waals surface area contributed by atoms with Crippen molar-refractivity contribution in [3.8, 4) is 0 Å². The minimum absolute atomic E-state index is 0.0104. The molecule has 0 saturated carbocycles. The van der Waals surface area contributed by atoms with Crippen molar-refractivity contribution < 1.29 is 4.39 Å². The van der Waals surface area contributed by atoms with Gasteiger partial charge in [0, 0.05) is 4.47 Å². The fourth-order valence-corrected chi connectivity index (χ4v) is 3.81. The summed E-state index contributed by atoms with van der Waals surface area (Å²) in [7, 11) is 0. The highest BCUT2D eigenvalue weighted by Gasteiger charge is 2.15. The summed E-state index contributed by atoms with van der Waals surface area (Å²) in [5.74, 6) is -0.214. The molecule has 0 aliphatic heterocycles. The zero-order chi connectivity index (χ0) is 14.7. The number of hydrogen-bond acceptors (Lipinski definition) is 0. The molecule has 3 heteroatoms. The third-order valence-corrected chi connectivity index (χ3v) is 5.26. The van der Waals surface area contributed by atoms with Gasteiger partial charge in [-0.3, -0.25) is 0 Å². The van der Waals surface area contributed by atoms with E-state index in [4.69, 9.17) is 0 Å². The van der Waals surface area contributed by atoms with Crippen LogP contribution in [0.25, 0.3) is 0 Å². The van der Waals surface area contributed by atoms with Crippen molar-refractivity contribution in [2.75, 3.05) is 0 Å². The fourth-order valence-electron chi connectivity index (χ4n) is 2.37. The van der Waals surface area contributed by atoms with E-state index >= 15 is 0 Å². The maximum atomic E-state index is 13.4. The average Bonchev–Trinajstić information content (AvgIpc) is 2.48. The summed E-state index contributed by atoms with van der Waals surface area (Å²) >= 11 is 7.19. The van der Waals surface area contributed by atoms with Crippen LogP contribution in [-0.4, -0.2) is 0 Å². The van der Waals surface area contributed by atoms with Crippen LogP contribution in [0.2, 0.25) is 0 Å². The summed E-state index contributed by atoms with van der Waals surface area (Å²) in [6.07, 6.45) is 2.06. The predicted octanol–water partition coefficient (Wildman–Crippen LogP) is 6.20. The molecule has 0 saturated heterocycles. The second-order valence-corrected chi connectivity index (χ2v) is 6.53. The minimum atomic E-state index is -0.214. The summed E-state index contributed by atoms with van der Waals surface area (Å²) in [6, 6.07) is 11.3. The summed E-state index contributed by atoms with van der Waals surface area (Å²) < 4.78 is 14.4. The lowest BCUT2D eigenvalue weighted by Crippen LogP contribution is -1.99. The molecule has 0 aromatic heterocycles. The maximum Gasteiger partial charge on any atom is 0.123 e. The monoisotopic (exact) mass is 398 g/mol. The van der Waals surface area contributed by atoms with Crippen molar-refractivity contribution in [2.45, 2.75) is 31.5 Å². The normalized spacial score (nSPS) is 12.4. The van der Waals surface area contributed by atoms with Gasteiger partial charge in [0.15, 0.2) is 0 Å². The Hall–Kier alpha value is -0.670. The second kappa shape index (κ2) is 6.86. The van der Waals surface area contributed by atoms with Gasteiger partial charge in [0.1, 0.15) is 5.82 Å². The highest BCUT2D eigenvalue weighted by atomic mass is 79.9. The Kier molecular flexibility index (Phi) is 5.39. The molecule has 2 aromatic carbocycles. The van der Waals surface area contributed by atoms with Crippen LogP contribution in [0.5, 0.6) is 0 Å². The lowest BCUT2D eigenvalue weighted by molar-refractivity contribution is 0.625. The standard InChI is InChI=1S/C17H17Br2F/c1-3-11-5-6-13(9-12(11)4-2)17(19)15-10-14(20)7-8-16(15)18/h5-10,17H,3-4H2,1-2H3. The molecule has 106 valence electrons. The van der Waals surface area contributed by atoms with Crippen LogP contribution >= 0.6 is 31.9 Å². The lowest BCUT2D eigenvalue weighted by atomic mass is 9.96. The van der Waals surface area contributed by atoms with Gasteiger partial charge >= 0.3 is 0 Å². The van der Waals surface area contributed by atoms with Crippen molar-refractivity contribution in [3.63, 3.8) is 0 Å². The molecule has 2 rings (SSSR count). The highest BCUT2D eigenvalue weighted by Crippen LogP contribution is 2.36. The van der Waals surface area contributed by atoms with Crippen LogP contribution in [0.1, 0.15) is 40.9 Å². The van der Waals surface area contributed by atoms with Crippen LogP contribution in [-0.2, 0) is 12.8 Å². The van der Waals surface area contributed by atoms with E-state index in [2.05, 4.69) is 63.9 Å². The molecular weight excluding hydrogens is 383 g/mol. The molecule has 0 aliphatic rings. The molecule has 0 aliphatic carbocycles. The van der Waals surface area contributed by atoms with Crippen LogP contribution in [0.15, 0.2) is 40.9 Å². The molecule has 0 N–H and O–H groups in total. The number of rotatable bonds is 4. The Bertz CT molecular complexity index is 608. The average molecular weight is 400 g/mol. The van der Waals surface area contributed by atoms with Gasteiger partial charge in [-0.15, -0.1) is 0 Å². The third-order valence-electron chi connectivity index (χ3n) is 3.52. The third kappa shape index (κ3) is 3.32. The molecule has 20 heavy (non-hydrogen) atoms. The lowest BCUT2D eigenvalue weighted by Gasteiger charge is -2.15. The SMILES string of the molecule is CCc1ccc(C(Br)c2cc(F)ccc2Br)cc1CC. The maximum absolute atomic E-state index is 13.4. The molecule has 0 heterocycles. The van der Waals surface area contributed by atoms with Gasteiger partial charge in [0.25, 0.3) is 0 Å². The molecule has 0 nitrogen and oxygen atoms in total. The Balaban J connectivity index is 2.42. The van der Waals surface area contributed by atoms with E-state index in [1.165, 1.54) is 17.2 Å². The Labute approximate surface area is 136 Å². The first-order valence-electron chi connectivity index (χ1n) is 6.77. The molecule has 0 radical (unpaired) electrons. The van der Waals surface area contributed by atoms with E-state index in [1.54, 1.807) is 12.1 Å². The summed E-state index contributed by atoms with van der Waals surface area (Å²) in [5, 5.41) is 0. The van der Waals surface area contributed by atoms with E-state index < -0.39 is 0 Å². The zero-order valence-electron chi connectivity index (χ0n) is 11.6. The number of halogens is 3. The van der Waals surface area contributed by atoms with Gasteiger partial charge in [0.05, 0.1) is 4.83 Å². The molecule has 0 bridgehead atoms. The number of alkyl halides is 1. The van der Waals surface area contributed by atoms with Crippen molar-refractivity contribution in [2.24, 2.45) is 0 Å². The predicted molar refractivity (Wildman–Crippen MR) is 90.1 cm³/mol. The van der Waals surface area contributed by atoms with Gasteiger partial charge in [-0.05, 0) is 53.3 Å². The molecule has 1 unspecified atom stereocenters. The fraction of sp³-hybridized carbons (Fsp3) is 0.294. The molecule has 2 aromatic rings. The first-order chi connectivity index (χ1) is 9.56. The van der Waals surface area contributed by atoms with Crippen molar-refractivity contribution in [3.05, 3.63) is 68.9 Å². The largest absolute Gasteiger partial charge is 0.207 e. The van der Waals surface area contributed by atoms with Gasteiger partial charge in [-0.2, -0.15) is 0 Å². The number of hydrogen-bond donors (Lipinski definition) is 0. The van der Waals surface area contributed by atoms with Crippen molar-refractivity contribution in [1.29, 1.82) is 0 Å². The first kappa shape index (κ1) is 15.7. The summed E-state index contributed by atoms with van der Waals surface area (Å²) in [6.45, 7) is 4.34. The van der Waals surface area contributed by atoms with Gasteiger partial charge in [0.2, 0.25) is 0 Å². The van der Waals surface area contributed by atoms with E-state index in [0.717, 1.165) is 28.4 Å². The summed E-state index contributed by atoms with van der Waals surface area (Å²) in [4.78, 5) is -0.0104. The quantitative estimate of drug-likeness (QED) is 0.537. The zero-order valence-corrected chi connectivity index (χ0v) is 14.8. The Morgan fingerprint density at radius 1 is 1.00 bits per heavy atom. The minimum Gasteiger partial charge on any atom is -0.207 e. The summed E-state index contributed by atoms with van der Waals surface area (Å²) in [5.41, 5.74) is 4.82.